The number of fused-ring (bicyclic) bond motifs is 1. The van der Waals surface area contributed by atoms with Crippen molar-refractivity contribution in [1.82, 2.24) is 20.2 Å². The van der Waals surface area contributed by atoms with Crippen molar-refractivity contribution in [3.05, 3.63) is 72.1 Å². The van der Waals surface area contributed by atoms with E-state index in [0.717, 1.165) is 23.0 Å². The van der Waals surface area contributed by atoms with Crippen LogP contribution in [0.25, 0.3) is 16.6 Å². The Kier molecular flexibility index (Phi) is 6.95. The fraction of sp³-hybridized carbons (Fsp3) is 0.407. The van der Waals surface area contributed by atoms with Crippen molar-refractivity contribution in [2.75, 3.05) is 19.7 Å². The highest BCUT2D eigenvalue weighted by Crippen LogP contribution is 2.37. The Morgan fingerprint density at radius 2 is 1.97 bits per heavy atom. The fourth-order valence-electron chi connectivity index (χ4n) is 3.97. The lowest BCUT2D eigenvalue weighted by Crippen LogP contribution is -2.47. The highest BCUT2D eigenvalue weighted by Gasteiger charge is 2.38. The molecule has 2 N–H and O–H groups in total. The molecule has 0 aliphatic carbocycles. The van der Waals surface area contributed by atoms with Crippen LogP contribution < -0.4 is 5.32 Å². The Balaban J connectivity index is 1.44. The average molecular weight is 477 g/mol. The van der Waals surface area contributed by atoms with E-state index >= 15 is 0 Å². The van der Waals surface area contributed by atoms with Gasteiger partial charge in [-0.15, -0.1) is 0 Å². The number of benzene rings is 1. The van der Waals surface area contributed by atoms with E-state index in [9.17, 15) is 4.79 Å². The van der Waals surface area contributed by atoms with Gasteiger partial charge in [0.15, 0.2) is 8.32 Å². The van der Waals surface area contributed by atoms with Gasteiger partial charge in [-0.2, -0.15) is 0 Å². The van der Waals surface area contributed by atoms with Crippen molar-refractivity contribution in [2.24, 2.45) is 0 Å². The van der Waals surface area contributed by atoms with Crippen LogP contribution >= 0.6 is 0 Å². The number of nitrogens with zero attached hydrogens (tertiary/aromatic N) is 2. The van der Waals surface area contributed by atoms with Crippen LogP contribution in [0.4, 0.5) is 4.79 Å². The van der Waals surface area contributed by atoms with Crippen molar-refractivity contribution < 1.29 is 9.22 Å². The Morgan fingerprint density at radius 1 is 1.21 bits per heavy atom. The maximum atomic E-state index is 13.2. The first kappa shape index (κ1) is 24.2. The summed E-state index contributed by atoms with van der Waals surface area (Å²) in [6.45, 7) is 12.9. The second-order valence-electron chi connectivity index (χ2n) is 10.5. The minimum Gasteiger partial charge on any atom is -0.414 e. The molecule has 1 aromatic carbocycles. The van der Waals surface area contributed by atoms with Crippen LogP contribution in [0.1, 0.15) is 44.4 Å². The number of H-pyrrole nitrogens is 1. The number of pyridine rings is 1. The summed E-state index contributed by atoms with van der Waals surface area (Å²) in [5, 5.41) is 4.48. The van der Waals surface area contributed by atoms with Gasteiger partial charge in [-0.05, 0) is 47.8 Å². The summed E-state index contributed by atoms with van der Waals surface area (Å²) in [7, 11) is -1.94. The van der Waals surface area contributed by atoms with Gasteiger partial charge in [0.25, 0.3) is 0 Å². The van der Waals surface area contributed by atoms with Crippen molar-refractivity contribution in [3.8, 4) is 0 Å². The molecule has 1 aliphatic heterocycles. The molecule has 2 amide bonds. The largest absolute Gasteiger partial charge is 0.414 e. The summed E-state index contributed by atoms with van der Waals surface area (Å²) in [4.78, 5) is 22.7. The number of urea groups is 1. The van der Waals surface area contributed by atoms with Crippen LogP contribution in [0.5, 0.6) is 0 Å². The highest BCUT2D eigenvalue weighted by molar-refractivity contribution is 6.74. The smallest absolute Gasteiger partial charge is 0.318 e. The second kappa shape index (κ2) is 9.76. The summed E-state index contributed by atoms with van der Waals surface area (Å²) >= 11 is 0. The number of aromatic nitrogens is 2. The zero-order chi connectivity index (χ0) is 24.3. The molecule has 0 fully saturated rings. The van der Waals surface area contributed by atoms with E-state index < -0.39 is 8.32 Å². The molecule has 0 saturated heterocycles. The van der Waals surface area contributed by atoms with Gasteiger partial charge >= 0.3 is 6.03 Å². The van der Waals surface area contributed by atoms with Crippen molar-refractivity contribution in [2.45, 2.75) is 51.4 Å². The third-order valence-corrected chi connectivity index (χ3v) is 11.7. The third-order valence-electron chi connectivity index (χ3n) is 7.21. The molecule has 1 atom stereocenters. The molecule has 0 bridgehead atoms. The lowest BCUT2D eigenvalue weighted by molar-refractivity contribution is 0.187. The molecule has 1 aliphatic rings. The van der Waals surface area contributed by atoms with Crippen molar-refractivity contribution in [3.63, 3.8) is 0 Å². The number of carbonyl (C=O) groups excluding carboxylic acids is 1. The van der Waals surface area contributed by atoms with Crippen LogP contribution in [0.2, 0.25) is 18.1 Å². The van der Waals surface area contributed by atoms with Gasteiger partial charge in [-0.1, -0.05) is 57.2 Å². The minimum absolute atomic E-state index is 0.0522. The third kappa shape index (κ3) is 5.26. The number of hydrogen-bond donors (Lipinski definition) is 2. The van der Waals surface area contributed by atoms with Gasteiger partial charge in [-0.3, -0.25) is 0 Å². The molecule has 4 rings (SSSR count). The monoisotopic (exact) mass is 476 g/mol. The lowest BCUT2D eigenvalue weighted by atomic mass is 10.00. The first-order chi connectivity index (χ1) is 16.2. The van der Waals surface area contributed by atoms with Crippen LogP contribution in [-0.2, 0) is 4.43 Å². The quantitative estimate of drug-likeness (QED) is 0.421. The predicted molar refractivity (Wildman–Crippen MR) is 141 cm³/mol. The van der Waals surface area contributed by atoms with Crippen LogP contribution in [0, 0.1) is 0 Å². The van der Waals surface area contributed by atoms with E-state index in [1.54, 1.807) is 6.20 Å². The summed E-state index contributed by atoms with van der Waals surface area (Å²) in [6.07, 6.45) is 6.78. The summed E-state index contributed by atoms with van der Waals surface area (Å²) < 4.78 is 6.49. The second-order valence-corrected chi connectivity index (χ2v) is 15.3. The van der Waals surface area contributed by atoms with Crippen LogP contribution in [-0.4, -0.2) is 48.9 Å². The van der Waals surface area contributed by atoms with E-state index in [1.165, 1.54) is 11.1 Å². The SMILES string of the molecule is CC(C)(C)[Si](C)(C)OCC(NC(=O)N1CC=C(c2c[nH]c3ncccc23)CC1)c1ccccc1. The summed E-state index contributed by atoms with van der Waals surface area (Å²) in [5.41, 5.74) is 4.39. The zero-order valence-electron chi connectivity index (χ0n) is 20.9. The molecule has 1 unspecified atom stereocenters. The van der Waals surface area contributed by atoms with Gasteiger partial charge < -0.3 is 19.6 Å². The number of carbonyl (C=O) groups is 1. The topological polar surface area (TPSA) is 70.2 Å². The molecule has 7 heteroatoms. The number of rotatable bonds is 6. The van der Waals surface area contributed by atoms with Crippen molar-refractivity contribution in [1.29, 1.82) is 0 Å². The fourth-order valence-corrected chi connectivity index (χ4v) is 4.99. The van der Waals surface area contributed by atoms with E-state index in [0.29, 0.717) is 19.7 Å². The Bertz CT molecular complexity index is 1160. The van der Waals surface area contributed by atoms with Gasteiger partial charge in [0.1, 0.15) is 5.65 Å². The molecule has 3 aromatic rings. The first-order valence-electron chi connectivity index (χ1n) is 12.0. The lowest BCUT2D eigenvalue weighted by Gasteiger charge is -2.37. The zero-order valence-corrected chi connectivity index (χ0v) is 21.9. The summed E-state index contributed by atoms with van der Waals surface area (Å²) in [6, 6.07) is 13.9. The maximum absolute atomic E-state index is 13.2. The standard InChI is InChI=1S/C27H36N4O2Si/c1-27(2,3)34(4,5)33-19-24(21-10-7-6-8-11-21)30-26(32)31-16-13-20(14-17-31)23-18-29-25-22(23)12-9-15-28-25/h6-13,15,18,24H,14,16-17,19H2,1-5H3,(H,28,29)(H,30,32). The van der Waals surface area contributed by atoms with Crippen molar-refractivity contribution >= 4 is 31.0 Å². The average Bonchev–Trinajstić information content (AvgIpc) is 3.26. The maximum Gasteiger partial charge on any atom is 0.318 e. The predicted octanol–water partition coefficient (Wildman–Crippen LogP) is 6.12. The van der Waals surface area contributed by atoms with Crippen LogP contribution in [0.15, 0.2) is 60.9 Å². The van der Waals surface area contributed by atoms with E-state index in [4.69, 9.17) is 4.43 Å². The molecule has 3 heterocycles. The molecule has 2 aromatic heterocycles. The van der Waals surface area contributed by atoms with E-state index in [2.05, 4.69) is 73.4 Å². The molecular formula is C27H36N4O2Si. The Labute approximate surface area is 203 Å². The molecular weight excluding hydrogens is 440 g/mol. The van der Waals surface area contributed by atoms with E-state index in [-0.39, 0.29) is 17.1 Å². The number of nitrogens with one attached hydrogen (secondary N) is 2. The molecule has 0 radical (unpaired) electrons. The van der Waals surface area contributed by atoms with Gasteiger partial charge in [0.2, 0.25) is 0 Å². The van der Waals surface area contributed by atoms with Crippen LogP contribution in [0.3, 0.4) is 0 Å². The molecule has 0 saturated carbocycles. The van der Waals surface area contributed by atoms with E-state index in [1.807, 2.05) is 35.4 Å². The number of hydrogen-bond acceptors (Lipinski definition) is 3. The number of amides is 2. The minimum atomic E-state index is -1.94. The molecule has 34 heavy (non-hydrogen) atoms. The summed E-state index contributed by atoms with van der Waals surface area (Å²) in [5.74, 6) is 0. The van der Waals surface area contributed by atoms with Gasteiger partial charge in [0, 0.05) is 36.4 Å². The highest BCUT2D eigenvalue weighted by atomic mass is 28.4. The van der Waals surface area contributed by atoms with Gasteiger partial charge in [0.05, 0.1) is 12.6 Å². The molecule has 180 valence electrons. The first-order valence-corrected chi connectivity index (χ1v) is 14.9. The Hall–Kier alpha value is -2.90. The Morgan fingerprint density at radius 3 is 2.65 bits per heavy atom. The molecule has 6 nitrogen and oxygen atoms in total. The van der Waals surface area contributed by atoms with Gasteiger partial charge in [-0.25, -0.2) is 9.78 Å². The normalized spacial score (nSPS) is 15.8. The molecule has 0 spiro atoms. The number of aromatic amines is 1.